The molecule has 10 nitrogen and oxygen atoms in total. The zero-order valence-electron chi connectivity index (χ0n) is 19.2. The number of aromatic carboxylic acids is 1. The molecule has 0 aliphatic heterocycles. The molecule has 36 heavy (non-hydrogen) atoms. The number of hydrogen-bond acceptors (Lipinski definition) is 8. The molecule has 182 valence electrons. The second kappa shape index (κ2) is 11.8. The average molecular weight is 503 g/mol. The maximum atomic E-state index is 12.4. The summed E-state index contributed by atoms with van der Waals surface area (Å²) in [5, 5.41) is 22.1. The highest BCUT2D eigenvalue weighted by Crippen LogP contribution is 2.28. The molecule has 4 rings (SSSR count). The number of pyridine rings is 1. The van der Waals surface area contributed by atoms with Crippen molar-refractivity contribution in [2.45, 2.75) is 12.1 Å². The Balaban J connectivity index is 1.47. The minimum Gasteiger partial charge on any atom is -0.494 e. The van der Waals surface area contributed by atoms with Crippen LogP contribution < -0.4 is 10.2 Å². The van der Waals surface area contributed by atoms with Gasteiger partial charge in [0.2, 0.25) is 0 Å². The van der Waals surface area contributed by atoms with Crippen molar-refractivity contribution in [2.75, 3.05) is 12.4 Å². The van der Waals surface area contributed by atoms with Crippen molar-refractivity contribution >= 4 is 29.9 Å². The summed E-state index contributed by atoms with van der Waals surface area (Å²) in [5.74, 6) is 0.0628. The van der Waals surface area contributed by atoms with Gasteiger partial charge in [0.1, 0.15) is 5.75 Å². The van der Waals surface area contributed by atoms with Crippen LogP contribution in [0.5, 0.6) is 5.75 Å². The van der Waals surface area contributed by atoms with Gasteiger partial charge in [0.15, 0.2) is 11.0 Å². The van der Waals surface area contributed by atoms with Crippen LogP contribution in [0.2, 0.25) is 0 Å². The van der Waals surface area contributed by atoms with Gasteiger partial charge in [-0.2, -0.15) is 5.10 Å². The van der Waals surface area contributed by atoms with Crippen LogP contribution in [-0.4, -0.2) is 55.3 Å². The van der Waals surface area contributed by atoms with Crippen LogP contribution in [0.15, 0.2) is 83.3 Å². The zero-order valence-corrected chi connectivity index (χ0v) is 20.1. The molecule has 2 aromatic heterocycles. The van der Waals surface area contributed by atoms with Crippen molar-refractivity contribution in [1.82, 2.24) is 25.2 Å². The zero-order chi connectivity index (χ0) is 25.3. The van der Waals surface area contributed by atoms with Crippen LogP contribution in [0.25, 0.3) is 17.1 Å². The Bertz CT molecular complexity index is 1360. The molecule has 0 radical (unpaired) electrons. The molecule has 0 fully saturated rings. The largest absolute Gasteiger partial charge is 0.494 e. The normalized spacial score (nSPS) is 10.9. The van der Waals surface area contributed by atoms with E-state index < -0.39 is 5.97 Å². The third kappa shape index (κ3) is 6.13. The lowest BCUT2D eigenvalue weighted by Gasteiger charge is -2.11. The number of nitrogens with zero attached hydrogens (tertiary/aromatic N) is 5. The van der Waals surface area contributed by atoms with E-state index in [-0.39, 0.29) is 17.2 Å². The van der Waals surface area contributed by atoms with Crippen LogP contribution in [-0.2, 0) is 4.79 Å². The van der Waals surface area contributed by atoms with Crippen LogP contribution in [0.3, 0.4) is 0 Å². The molecule has 0 saturated carbocycles. The third-order valence-electron chi connectivity index (χ3n) is 4.85. The van der Waals surface area contributed by atoms with Gasteiger partial charge >= 0.3 is 5.97 Å². The van der Waals surface area contributed by atoms with Crippen LogP contribution in [0.4, 0.5) is 0 Å². The van der Waals surface area contributed by atoms with Crippen molar-refractivity contribution in [1.29, 1.82) is 0 Å². The molecule has 0 spiro atoms. The van der Waals surface area contributed by atoms with Gasteiger partial charge in [0, 0.05) is 23.6 Å². The SMILES string of the molecule is CCOc1ccc(-n2c(SCC(=O)NN=Cc3ccc(C(=O)O)cc3)nnc2-c2cccnc2)cc1. The van der Waals surface area contributed by atoms with Crippen LogP contribution >= 0.6 is 11.8 Å². The summed E-state index contributed by atoms with van der Waals surface area (Å²) in [5.41, 5.74) is 4.90. The predicted octanol–water partition coefficient (Wildman–Crippen LogP) is 3.67. The van der Waals surface area contributed by atoms with Gasteiger partial charge in [0.05, 0.1) is 24.1 Å². The lowest BCUT2D eigenvalue weighted by molar-refractivity contribution is -0.118. The molecule has 11 heteroatoms. The second-order valence-electron chi connectivity index (χ2n) is 7.32. The van der Waals surface area contributed by atoms with Crippen molar-refractivity contribution in [3.05, 3.63) is 84.2 Å². The van der Waals surface area contributed by atoms with E-state index in [0.29, 0.717) is 23.2 Å². The Morgan fingerprint density at radius 1 is 1.11 bits per heavy atom. The summed E-state index contributed by atoms with van der Waals surface area (Å²) in [6.45, 7) is 2.49. The van der Waals surface area contributed by atoms with E-state index >= 15 is 0 Å². The van der Waals surface area contributed by atoms with E-state index in [4.69, 9.17) is 9.84 Å². The molecule has 0 bridgehead atoms. The first-order chi connectivity index (χ1) is 17.5. The number of hydrogen-bond donors (Lipinski definition) is 2. The number of carboxylic acid groups (broad SMARTS) is 1. The number of carbonyl (C=O) groups is 2. The first-order valence-corrected chi connectivity index (χ1v) is 11.9. The van der Waals surface area contributed by atoms with E-state index in [2.05, 4.69) is 25.7 Å². The minimum atomic E-state index is -1.01. The number of nitrogens with one attached hydrogen (secondary N) is 1. The summed E-state index contributed by atoms with van der Waals surface area (Å²) in [7, 11) is 0. The Morgan fingerprint density at radius 3 is 2.56 bits per heavy atom. The number of benzene rings is 2. The number of aromatic nitrogens is 4. The smallest absolute Gasteiger partial charge is 0.335 e. The summed E-state index contributed by atoms with van der Waals surface area (Å²) in [4.78, 5) is 27.5. The number of carboxylic acids is 1. The Morgan fingerprint density at radius 2 is 1.89 bits per heavy atom. The third-order valence-corrected chi connectivity index (χ3v) is 5.78. The molecule has 0 aliphatic carbocycles. The highest BCUT2D eigenvalue weighted by atomic mass is 32.2. The van der Waals surface area contributed by atoms with Gasteiger partial charge in [0.25, 0.3) is 5.91 Å². The number of hydrazone groups is 1. The molecule has 0 unspecified atom stereocenters. The summed E-state index contributed by atoms with van der Waals surface area (Å²) < 4.78 is 7.40. The van der Waals surface area contributed by atoms with Crippen LogP contribution in [0.1, 0.15) is 22.8 Å². The fourth-order valence-electron chi connectivity index (χ4n) is 3.19. The number of thioether (sulfide) groups is 1. The predicted molar refractivity (Wildman–Crippen MR) is 136 cm³/mol. The quantitative estimate of drug-likeness (QED) is 0.191. The summed E-state index contributed by atoms with van der Waals surface area (Å²) in [6.07, 6.45) is 4.83. The van der Waals surface area contributed by atoms with E-state index in [1.165, 1.54) is 30.1 Å². The highest BCUT2D eigenvalue weighted by molar-refractivity contribution is 7.99. The molecule has 2 heterocycles. The number of rotatable bonds is 10. The molecule has 1 amide bonds. The first-order valence-electron chi connectivity index (χ1n) is 10.9. The van der Waals surface area contributed by atoms with Gasteiger partial charge in [-0.3, -0.25) is 14.3 Å². The average Bonchev–Trinajstić information content (AvgIpc) is 3.33. The fourth-order valence-corrected chi connectivity index (χ4v) is 3.93. The molecule has 2 aromatic carbocycles. The first kappa shape index (κ1) is 24.6. The van der Waals surface area contributed by atoms with Crippen molar-refractivity contribution < 1.29 is 19.4 Å². The fraction of sp³-hybridized carbons (Fsp3) is 0.120. The number of ether oxygens (including phenoxy) is 1. The molecule has 0 aliphatic rings. The second-order valence-corrected chi connectivity index (χ2v) is 8.26. The maximum Gasteiger partial charge on any atom is 0.335 e. The molecule has 0 atom stereocenters. The molecule has 2 N–H and O–H groups in total. The Kier molecular flexibility index (Phi) is 8.04. The minimum absolute atomic E-state index is 0.0531. The van der Waals surface area contributed by atoms with E-state index in [0.717, 1.165) is 17.0 Å². The lowest BCUT2D eigenvalue weighted by atomic mass is 10.1. The summed E-state index contributed by atoms with van der Waals surface area (Å²) >= 11 is 1.22. The standard InChI is InChI=1S/C25H22N6O4S/c1-2-35-21-11-9-20(10-12-21)31-23(19-4-3-13-26-15-19)29-30-25(31)36-16-22(32)28-27-14-17-5-7-18(8-6-17)24(33)34/h3-15H,2,16H2,1H3,(H,28,32)(H,33,34). The molecule has 0 saturated heterocycles. The Hall–Kier alpha value is -4.51. The van der Waals surface area contributed by atoms with Crippen molar-refractivity contribution in [3.63, 3.8) is 0 Å². The topological polar surface area (TPSA) is 132 Å². The highest BCUT2D eigenvalue weighted by Gasteiger charge is 2.17. The van der Waals surface area contributed by atoms with E-state index in [9.17, 15) is 9.59 Å². The van der Waals surface area contributed by atoms with Gasteiger partial charge in [-0.25, -0.2) is 10.2 Å². The van der Waals surface area contributed by atoms with Crippen molar-refractivity contribution in [3.8, 4) is 22.8 Å². The molecule has 4 aromatic rings. The van der Waals surface area contributed by atoms with E-state index in [1.54, 1.807) is 24.5 Å². The van der Waals surface area contributed by atoms with Gasteiger partial charge in [-0.1, -0.05) is 23.9 Å². The van der Waals surface area contributed by atoms with E-state index in [1.807, 2.05) is 47.9 Å². The van der Waals surface area contributed by atoms with Gasteiger partial charge in [-0.05, 0) is 61.0 Å². The lowest BCUT2D eigenvalue weighted by Crippen LogP contribution is -2.20. The maximum absolute atomic E-state index is 12.4. The van der Waals surface area contributed by atoms with Gasteiger partial charge in [-0.15, -0.1) is 10.2 Å². The summed E-state index contributed by atoms with van der Waals surface area (Å²) in [6, 6.07) is 17.4. The molecular weight excluding hydrogens is 480 g/mol. The number of amides is 1. The number of carbonyl (C=O) groups excluding carboxylic acids is 1. The monoisotopic (exact) mass is 502 g/mol. The van der Waals surface area contributed by atoms with Gasteiger partial charge < -0.3 is 9.84 Å². The Labute approximate surface area is 211 Å². The van der Waals surface area contributed by atoms with Crippen LogP contribution in [0, 0.1) is 0 Å². The molecular formula is C25H22N6O4S. The van der Waals surface area contributed by atoms with Crippen molar-refractivity contribution in [2.24, 2.45) is 5.10 Å².